The number of aryl methyl sites for hydroxylation is 2. The minimum Gasteiger partial charge on any atom is -0.496 e. The maximum atomic E-state index is 14.1. The first-order valence-corrected chi connectivity index (χ1v) is 7.09. The highest BCUT2D eigenvalue weighted by Crippen LogP contribution is 2.30. The molecule has 0 saturated carbocycles. The highest BCUT2D eigenvalue weighted by atomic mass is 19.1. The van der Waals surface area contributed by atoms with Gasteiger partial charge in [-0.25, -0.2) is 4.39 Å². The van der Waals surface area contributed by atoms with Crippen LogP contribution in [-0.2, 0) is 0 Å². The molecule has 4 heteroatoms. The van der Waals surface area contributed by atoms with Crippen LogP contribution in [0.5, 0.6) is 5.75 Å². The van der Waals surface area contributed by atoms with E-state index in [2.05, 4.69) is 5.32 Å². The summed E-state index contributed by atoms with van der Waals surface area (Å²) in [7, 11) is 1.55. The molecule has 1 heterocycles. The van der Waals surface area contributed by atoms with Crippen molar-refractivity contribution < 1.29 is 13.5 Å². The fourth-order valence-electron chi connectivity index (χ4n) is 2.74. The Labute approximate surface area is 125 Å². The lowest BCUT2D eigenvalue weighted by Crippen LogP contribution is -2.24. The molecule has 1 aromatic carbocycles. The van der Waals surface area contributed by atoms with E-state index in [1.54, 1.807) is 19.2 Å². The Kier molecular flexibility index (Phi) is 4.68. The average Bonchev–Trinajstić information content (AvgIpc) is 2.77. The van der Waals surface area contributed by atoms with Gasteiger partial charge in [-0.05, 0) is 45.9 Å². The molecule has 3 nitrogen and oxygen atoms in total. The van der Waals surface area contributed by atoms with Crippen LogP contribution in [0.25, 0.3) is 0 Å². The Bertz CT molecular complexity index is 621. The van der Waals surface area contributed by atoms with Crippen LogP contribution in [0.1, 0.15) is 48.6 Å². The van der Waals surface area contributed by atoms with E-state index >= 15 is 0 Å². The van der Waals surface area contributed by atoms with Crippen molar-refractivity contribution in [2.75, 3.05) is 7.11 Å². The van der Waals surface area contributed by atoms with Gasteiger partial charge in [0.1, 0.15) is 23.1 Å². The molecule has 0 fully saturated rings. The van der Waals surface area contributed by atoms with Crippen molar-refractivity contribution >= 4 is 0 Å². The third kappa shape index (κ3) is 3.27. The monoisotopic (exact) mass is 291 g/mol. The number of methoxy groups -OCH3 is 1. The number of rotatable bonds is 5. The van der Waals surface area contributed by atoms with Crippen LogP contribution in [0.3, 0.4) is 0 Å². The fraction of sp³-hybridized carbons (Fsp3) is 0.412. The van der Waals surface area contributed by atoms with Crippen molar-refractivity contribution in [3.63, 3.8) is 0 Å². The molecule has 0 radical (unpaired) electrons. The molecule has 0 aliphatic heterocycles. The zero-order valence-corrected chi connectivity index (χ0v) is 13.2. The lowest BCUT2D eigenvalue weighted by Gasteiger charge is -2.22. The molecule has 2 unspecified atom stereocenters. The molecule has 1 N–H and O–H groups in total. The standard InChI is InChI=1S/C17H22FNO2/c1-10-9-14(13(4)21-10)11(2)19-12(3)17-15(18)7-6-8-16(17)20-5/h6-9,11-12,19H,1-5H3. The number of halogens is 1. The largest absolute Gasteiger partial charge is 0.496 e. The highest BCUT2D eigenvalue weighted by molar-refractivity contribution is 5.37. The van der Waals surface area contributed by atoms with Gasteiger partial charge in [0.05, 0.1) is 7.11 Å². The molecule has 1 aromatic heterocycles. The summed E-state index contributed by atoms with van der Waals surface area (Å²) in [6.07, 6.45) is 0. The lowest BCUT2D eigenvalue weighted by atomic mass is 10.0. The van der Waals surface area contributed by atoms with Gasteiger partial charge in [0, 0.05) is 23.2 Å². The molecule has 0 saturated heterocycles. The summed E-state index contributed by atoms with van der Waals surface area (Å²) >= 11 is 0. The topological polar surface area (TPSA) is 34.4 Å². The minimum absolute atomic E-state index is 0.0572. The third-order valence-corrected chi connectivity index (χ3v) is 3.71. The first-order chi connectivity index (χ1) is 9.93. The zero-order chi connectivity index (χ0) is 15.6. The minimum atomic E-state index is -0.262. The van der Waals surface area contributed by atoms with E-state index in [4.69, 9.17) is 9.15 Å². The Hall–Kier alpha value is -1.81. The van der Waals surface area contributed by atoms with Gasteiger partial charge in [0.25, 0.3) is 0 Å². The van der Waals surface area contributed by atoms with Gasteiger partial charge >= 0.3 is 0 Å². The van der Waals surface area contributed by atoms with Crippen LogP contribution >= 0.6 is 0 Å². The number of nitrogens with one attached hydrogen (secondary N) is 1. The molecule has 2 atom stereocenters. The molecule has 0 amide bonds. The Balaban J connectivity index is 2.22. The van der Waals surface area contributed by atoms with Gasteiger partial charge < -0.3 is 14.5 Å². The third-order valence-electron chi connectivity index (χ3n) is 3.71. The predicted molar refractivity (Wildman–Crippen MR) is 81.1 cm³/mol. The SMILES string of the molecule is COc1cccc(F)c1C(C)NC(C)c1cc(C)oc1C. The van der Waals surface area contributed by atoms with Crippen LogP contribution in [0.2, 0.25) is 0 Å². The Morgan fingerprint density at radius 2 is 1.90 bits per heavy atom. The maximum absolute atomic E-state index is 14.1. The van der Waals surface area contributed by atoms with Crippen molar-refractivity contribution in [2.45, 2.75) is 39.8 Å². The van der Waals surface area contributed by atoms with E-state index in [0.717, 1.165) is 17.1 Å². The van der Waals surface area contributed by atoms with Gasteiger partial charge in [-0.2, -0.15) is 0 Å². The molecule has 114 valence electrons. The second-order valence-electron chi connectivity index (χ2n) is 5.33. The predicted octanol–water partition coefficient (Wildman–Crippen LogP) is 4.46. The fourth-order valence-corrected chi connectivity index (χ4v) is 2.74. The number of hydrogen-bond acceptors (Lipinski definition) is 3. The Morgan fingerprint density at radius 3 is 2.48 bits per heavy atom. The molecule has 0 aliphatic carbocycles. The van der Waals surface area contributed by atoms with Crippen LogP contribution in [-0.4, -0.2) is 7.11 Å². The second-order valence-corrected chi connectivity index (χ2v) is 5.33. The first-order valence-electron chi connectivity index (χ1n) is 7.09. The molecule has 0 aliphatic rings. The van der Waals surface area contributed by atoms with E-state index in [1.807, 2.05) is 33.8 Å². The summed E-state index contributed by atoms with van der Waals surface area (Å²) < 4.78 is 24.9. The van der Waals surface area contributed by atoms with Crippen molar-refractivity contribution in [3.05, 3.63) is 52.7 Å². The number of benzene rings is 1. The average molecular weight is 291 g/mol. The Morgan fingerprint density at radius 1 is 1.19 bits per heavy atom. The number of hydrogen-bond donors (Lipinski definition) is 1. The quantitative estimate of drug-likeness (QED) is 0.883. The van der Waals surface area contributed by atoms with Gasteiger partial charge in [-0.1, -0.05) is 6.07 Å². The molecule has 2 rings (SSSR count). The highest BCUT2D eigenvalue weighted by Gasteiger charge is 2.20. The van der Waals surface area contributed by atoms with E-state index < -0.39 is 0 Å². The van der Waals surface area contributed by atoms with Crippen LogP contribution in [0, 0.1) is 19.7 Å². The van der Waals surface area contributed by atoms with Crippen molar-refractivity contribution in [1.29, 1.82) is 0 Å². The lowest BCUT2D eigenvalue weighted by molar-refractivity contribution is 0.386. The van der Waals surface area contributed by atoms with E-state index in [0.29, 0.717) is 11.3 Å². The summed E-state index contributed by atoms with van der Waals surface area (Å²) in [5, 5.41) is 3.40. The van der Waals surface area contributed by atoms with E-state index in [-0.39, 0.29) is 17.9 Å². The van der Waals surface area contributed by atoms with Crippen LogP contribution < -0.4 is 10.1 Å². The van der Waals surface area contributed by atoms with Gasteiger partial charge in [0.15, 0.2) is 0 Å². The summed E-state index contributed by atoms with van der Waals surface area (Å²) in [6, 6.07) is 6.77. The molecule has 0 bridgehead atoms. The molecule has 21 heavy (non-hydrogen) atoms. The van der Waals surface area contributed by atoms with Crippen molar-refractivity contribution in [2.24, 2.45) is 0 Å². The smallest absolute Gasteiger partial charge is 0.131 e. The number of furan rings is 1. The van der Waals surface area contributed by atoms with Gasteiger partial charge in [0.2, 0.25) is 0 Å². The summed E-state index contributed by atoms with van der Waals surface area (Å²) in [5.74, 6) is 2.07. The van der Waals surface area contributed by atoms with Crippen LogP contribution in [0.4, 0.5) is 4.39 Å². The molecule has 0 spiro atoms. The van der Waals surface area contributed by atoms with E-state index in [1.165, 1.54) is 6.07 Å². The van der Waals surface area contributed by atoms with Crippen molar-refractivity contribution in [3.8, 4) is 5.75 Å². The van der Waals surface area contributed by atoms with Crippen molar-refractivity contribution in [1.82, 2.24) is 5.32 Å². The van der Waals surface area contributed by atoms with E-state index in [9.17, 15) is 4.39 Å². The summed E-state index contributed by atoms with van der Waals surface area (Å²) in [6.45, 7) is 7.84. The maximum Gasteiger partial charge on any atom is 0.131 e. The first kappa shape index (κ1) is 15.6. The molecular weight excluding hydrogens is 269 g/mol. The van der Waals surface area contributed by atoms with Crippen LogP contribution in [0.15, 0.2) is 28.7 Å². The normalized spacial score (nSPS) is 14.0. The summed E-state index contributed by atoms with van der Waals surface area (Å²) in [4.78, 5) is 0. The molecule has 2 aromatic rings. The zero-order valence-electron chi connectivity index (χ0n) is 13.2. The van der Waals surface area contributed by atoms with Gasteiger partial charge in [-0.3, -0.25) is 0 Å². The summed E-state index contributed by atoms with van der Waals surface area (Å²) in [5.41, 5.74) is 1.64. The molecular formula is C17H22FNO2. The second kappa shape index (κ2) is 6.31. The number of ether oxygens (including phenoxy) is 1. The van der Waals surface area contributed by atoms with Gasteiger partial charge in [-0.15, -0.1) is 0 Å².